The van der Waals surface area contributed by atoms with Crippen LogP contribution in [0.5, 0.6) is 0 Å². The van der Waals surface area contributed by atoms with Crippen LogP contribution in [0.2, 0.25) is 10.0 Å². The quantitative estimate of drug-likeness (QED) is 0.157. The molecule has 9 heteroatoms. The van der Waals surface area contributed by atoms with E-state index in [9.17, 15) is 4.79 Å². The van der Waals surface area contributed by atoms with Crippen LogP contribution in [0, 0.1) is 0 Å². The van der Waals surface area contributed by atoms with Crippen LogP contribution in [0.1, 0.15) is 24.2 Å². The van der Waals surface area contributed by atoms with E-state index in [1.807, 2.05) is 62.4 Å². The van der Waals surface area contributed by atoms with Gasteiger partial charge in [-0.05, 0) is 79.4 Å². The van der Waals surface area contributed by atoms with Crippen LogP contribution in [-0.2, 0) is 0 Å². The molecule has 0 aromatic heterocycles. The lowest BCUT2D eigenvalue weighted by Gasteiger charge is -2.28. The van der Waals surface area contributed by atoms with E-state index >= 15 is 0 Å². The Morgan fingerprint density at radius 3 is 2.09 bits per heavy atom. The van der Waals surface area contributed by atoms with Gasteiger partial charge in [0.05, 0.1) is 21.3 Å². The number of hydrazine groups is 1. The highest BCUT2D eigenvalue weighted by molar-refractivity contribution is 7.97. The first-order valence-corrected chi connectivity index (χ1v) is 11.6. The van der Waals surface area contributed by atoms with Crippen LogP contribution in [0.3, 0.4) is 0 Å². The molecule has 0 aliphatic rings. The summed E-state index contributed by atoms with van der Waals surface area (Å²) >= 11 is 13.4. The molecule has 33 heavy (non-hydrogen) atoms. The highest BCUT2D eigenvalue weighted by Gasteiger charge is 2.22. The highest BCUT2D eigenvalue weighted by Crippen LogP contribution is 2.27. The van der Waals surface area contributed by atoms with Gasteiger partial charge >= 0.3 is 0 Å². The summed E-state index contributed by atoms with van der Waals surface area (Å²) < 4.78 is 3.35. The number of carbonyl (C=O) groups is 1. The number of hydrogen-bond donors (Lipinski definition) is 5. The molecule has 6 nitrogen and oxygen atoms in total. The second-order valence-electron chi connectivity index (χ2n) is 7.74. The van der Waals surface area contributed by atoms with Gasteiger partial charge in [-0.1, -0.05) is 47.5 Å². The first-order valence-electron chi connectivity index (χ1n) is 10.0. The zero-order valence-electron chi connectivity index (χ0n) is 18.2. The molecule has 0 aliphatic carbocycles. The van der Waals surface area contributed by atoms with E-state index in [0.29, 0.717) is 27.0 Å². The number of anilines is 1. The summed E-state index contributed by atoms with van der Waals surface area (Å²) in [6.07, 6.45) is 1.45. The van der Waals surface area contributed by atoms with Crippen LogP contribution in [0.25, 0.3) is 11.1 Å². The lowest BCUT2D eigenvalue weighted by molar-refractivity contribution is 0.102. The Morgan fingerprint density at radius 1 is 0.939 bits per heavy atom. The summed E-state index contributed by atoms with van der Waals surface area (Å²) in [5.41, 5.74) is 11.7. The molecule has 172 valence electrons. The molecule has 0 saturated heterocycles. The molecule has 0 radical (unpaired) electrons. The number of benzene rings is 3. The smallest absolute Gasteiger partial charge is 0.255 e. The van der Waals surface area contributed by atoms with Crippen molar-refractivity contribution in [2.45, 2.75) is 24.3 Å². The van der Waals surface area contributed by atoms with Gasteiger partial charge in [0.25, 0.3) is 5.91 Å². The summed E-state index contributed by atoms with van der Waals surface area (Å²) in [4.78, 5) is 13.5. The van der Waals surface area contributed by atoms with Crippen molar-refractivity contribution in [1.29, 1.82) is 0 Å². The molecule has 0 unspecified atom stereocenters. The minimum atomic E-state index is -0.426. The molecule has 0 heterocycles. The van der Waals surface area contributed by atoms with Crippen molar-refractivity contribution >= 4 is 46.7 Å². The summed E-state index contributed by atoms with van der Waals surface area (Å²) in [5, 5.41) is 3.61. The summed E-state index contributed by atoms with van der Waals surface area (Å²) in [5.74, 6) is 5.27. The number of carbonyl (C=O) groups excluding carboxylic acids is 1. The number of rotatable bonds is 8. The van der Waals surface area contributed by atoms with Crippen molar-refractivity contribution in [3.8, 4) is 11.1 Å². The van der Waals surface area contributed by atoms with Gasteiger partial charge in [0, 0.05) is 22.3 Å². The molecule has 3 aromatic carbocycles. The second-order valence-corrected chi connectivity index (χ2v) is 9.43. The van der Waals surface area contributed by atoms with Crippen LogP contribution in [-0.4, -0.2) is 11.4 Å². The topological polar surface area (TPSA) is 105 Å². The number of halogens is 2. The molecule has 0 bridgehead atoms. The number of hydrogen-bond acceptors (Lipinski definition) is 6. The summed E-state index contributed by atoms with van der Waals surface area (Å²) in [7, 11) is 0. The van der Waals surface area contributed by atoms with Gasteiger partial charge in [0.15, 0.2) is 0 Å². The minimum Gasteiger partial charge on any atom is -0.403 e. The third kappa shape index (κ3) is 6.43. The van der Waals surface area contributed by atoms with Crippen LogP contribution in [0.15, 0.2) is 83.5 Å². The lowest BCUT2D eigenvalue weighted by atomic mass is 10.0. The van der Waals surface area contributed by atoms with E-state index in [2.05, 4.69) is 15.5 Å². The van der Waals surface area contributed by atoms with Crippen LogP contribution >= 0.6 is 35.1 Å². The van der Waals surface area contributed by atoms with Crippen LogP contribution < -0.4 is 27.0 Å². The highest BCUT2D eigenvalue weighted by atomic mass is 35.5. The van der Waals surface area contributed by atoms with Crippen molar-refractivity contribution in [1.82, 2.24) is 10.1 Å². The van der Waals surface area contributed by atoms with E-state index in [1.165, 1.54) is 18.1 Å². The Bertz CT molecular complexity index is 1150. The predicted molar refractivity (Wildman–Crippen MR) is 139 cm³/mol. The first kappa shape index (κ1) is 25.0. The number of nitrogens with one attached hydrogen (secondary N) is 3. The molecule has 3 aromatic rings. The van der Waals surface area contributed by atoms with Gasteiger partial charge in [-0.25, -0.2) is 4.72 Å². The Hall–Kier alpha value is -2.68. The molecule has 1 amide bonds. The van der Waals surface area contributed by atoms with Gasteiger partial charge in [0.2, 0.25) is 0 Å². The van der Waals surface area contributed by atoms with Crippen molar-refractivity contribution in [2.75, 3.05) is 5.32 Å². The molecule has 0 aliphatic heterocycles. The maximum atomic E-state index is 12.4. The van der Waals surface area contributed by atoms with Gasteiger partial charge in [-0.3, -0.25) is 10.6 Å². The van der Waals surface area contributed by atoms with E-state index in [1.54, 1.807) is 18.2 Å². The Balaban J connectivity index is 1.62. The van der Waals surface area contributed by atoms with Crippen LogP contribution in [0.4, 0.5) is 5.69 Å². The first-order chi connectivity index (χ1) is 15.7. The minimum absolute atomic E-state index is 0.254. The van der Waals surface area contributed by atoms with E-state index in [4.69, 9.17) is 34.8 Å². The predicted octanol–water partition coefficient (Wildman–Crippen LogP) is 5.55. The summed E-state index contributed by atoms with van der Waals surface area (Å²) in [6, 6.07) is 20.6. The molecule has 0 saturated carbocycles. The SMILES string of the molecule is CC(C)(NSc1ccc(-c2ccc(NC(=O)c3ccc(Cl)c(Cl)c3)cc2)cc1)/C(=C/N)NN. The Kier molecular flexibility index (Phi) is 8.29. The molecule has 0 fully saturated rings. The molecular formula is C24H25Cl2N5OS. The normalized spacial score (nSPS) is 11.8. The van der Waals surface area contributed by atoms with Crippen molar-refractivity contribution in [3.63, 3.8) is 0 Å². The number of amides is 1. The molecule has 3 rings (SSSR count). The van der Waals surface area contributed by atoms with Crippen molar-refractivity contribution in [3.05, 3.63) is 94.2 Å². The Morgan fingerprint density at radius 2 is 1.55 bits per heavy atom. The zero-order valence-corrected chi connectivity index (χ0v) is 20.5. The van der Waals surface area contributed by atoms with E-state index < -0.39 is 5.54 Å². The fourth-order valence-electron chi connectivity index (χ4n) is 2.98. The number of nitrogens with two attached hydrogens (primary N) is 2. The van der Waals surface area contributed by atoms with Crippen molar-refractivity contribution in [2.24, 2.45) is 11.6 Å². The molecular weight excluding hydrogens is 477 g/mol. The van der Waals surface area contributed by atoms with E-state index in [-0.39, 0.29) is 5.91 Å². The van der Waals surface area contributed by atoms with Gasteiger partial charge < -0.3 is 16.5 Å². The van der Waals surface area contributed by atoms with Gasteiger partial charge in [-0.2, -0.15) is 0 Å². The summed E-state index contributed by atoms with van der Waals surface area (Å²) in [6.45, 7) is 3.96. The van der Waals surface area contributed by atoms with E-state index in [0.717, 1.165) is 16.0 Å². The average molecular weight is 502 g/mol. The fourth-order valence-corrected chi connectivity index (χ4v) is 4.03. The third-order valence-corrected chi connectivity index (χ3v) is 6.79. The maximum Gasteiger partial charge on any atom is 0.255 e. The van der Waals surface area contributed by atoms with Crippen molar-refractivity contribution < 1.29 is 4.79 Å². The van der Waals surface area contributed by atoms with Gasteiger partial charge in [0.1, 0.15) is 0 Å². The lowest BCUT2D eigenvalue weighted by Crippen LogP contribution is -2.44. The third-order valence-electron chi connectivity index (χ3n) is 4.93. The second kappa shape index (κ2) is 11.0. The standard InChI is InChI=1S/C24H25Cl2N5OS/c1-24(2,22(14-27)30-28)31-33-19-10-5-16(6-11-19)15-3-8-18(9-4-15)29-23(32)17-7-12-20(25)21(26)13-17/h3-14,30-31H,27-28H2,1-2H3,(H,29,32)/b22-14-. The largest absolute Gasteiger partial charge is 0.403 e. The fraction of sp³-hybridized carbons (Fsp3) is 0.125. The molecule has 0 atom stereocenters. The maximum absolute atomic E-state index is 12.4. The van der Waals surface area contributed by atoms with Gasteiger partial charge in [-0.15, -0.1) is 0 Å². The zero-order chi connectivity index (χ0) is 24.0. The molecule has 7 N–H and O–H groups in total. The monoisotopic (exact) mass is 501 g/mol. The average Bonchev–Trinajstić information content (AvgIpc) is 2.81. The molecule has 0 spiro atoms. The Labute approximate surface area is 207 Å².